The summed E-state index contributed by atoms with van der Waals surface area (Å²) in [5.41, 5.74) is 3.09. The van der Waals surface area contributed by atoms with E-state index >= 15 is 0 Å². The zero-order valence-electron chi connectivity index (χ0n) is 9.88. The molecule has 0 fully saturated rings. The van der Waals surface area contributed by atoms with Gasteiger partial charge in [-0.3, -0.25) is 0 Å². The predicted molar refractivity (Wildman–Crippen MR) is 66.3 cm³/mol. The third-order valence-electron chi connectivity index (χ3n) is 2.63. The molecule has 84 valence electrons. The van der Waals surface area contributed by atoms with E-state index in [1.165, 1.54) is 5.56 Å². The van der Waals surface area contributed by atoms with Gasteiger partial charge >= 0.3 is 0 Å². The SMILES string of the molecule is CC(C)c1ccc(-c2ccnc(C#N)n2)cc1. The zero-order chi connectivity index (χ0) is 12.3. The van der Waals surface area contributed by atoms with Crippen LogP contribution in [0, 0.1) is 11.3 Å². The van der Waals surface area contributed by atoms with Crippen LogP contribution in [-0.2, 0) is 0 Å². The van der Waals surface area contributed by atoms with Gasteiger partial charge in [0.15, 0.2) is 0 Å². The lowest BCUT2D eigenvalue weighted by molar-refractivity contribution is 0.867. The number of rotatable bonds is 2. The van der Waals surface area contributed by atoms with E-state index in [1.54, 1.807) is 6.20 Å². The van der Waals surface area contributed by atoms with Gasteiger partial charge in [0.25, 0.3) is 0 Å². The number of aromatic nitrogens is 2. The molecule has 1 heterocycles. The van der Waals surface area contributed by atoms with Gasteiger partial charge in [0, 0.05) is 11.8 Å². The minimum atomic E-state index is 0.204. The van der Waals surface area contributed by atoms with Gasteiger partial charge in [0.1, 0.15) is 6.07 Å². The highest BCUT2D eigenvalue weighted by atomic mass is 14.9. The van der Waals surface area contributed by atoms with Gasteiger partial charge in [-0.05, 0) is 17.5 Å². The van der Waals surface area contributed by atoms with Crippen LogP contribution >= 0.6 is 0 Å². The number of nitriles is 1. The van der Waals surface area contributed by atoms with Crippen molar-refractivity contribution in [3.05, 3.63) is 47.9 Å². The Morgan fingerprint density at radius 3 is 2.41 bits per heavy atom. The summed E-state index contributed by atoms with van der Waals surface area (Å²) in [6.45, 7) is 4.32. The summed E-state index contributed by atoms with van der Waals surface area (Å²) in [5, 5.41) is 8.75. The lowest BCUT2D eigenvalue weighted by Crippen LogP contribution is -1.92. The molecular formula is C14H13N3. The summed E-state index contributed by atoms with van der Waals surface area (Å²) >= 11 is 0. The second kappa shape index (κ2) is 4.75. The summed E-state index contributed by atoms with van der Waals surface area (Å²) in [5.74, 6) is 0.722. The van der Waals surface area contributed by atoms with Crippen molar-refractivity contribution in [1.82, 2.24) is 9.97 Å². The highest BCUT2D eigenvalue weighted by Gasteiger charge is 2.03. The first kappa shape index (κ1) is 11.3. The molecule has 0 atom stereocenters. The summed E-state index contributed by atoms with van der Waals surface area (Å²) in [7, 11) is 0. The molecule has 3 nitrogen and oxygen atoms in total. The molecule has 0 unspecified atom stereocenters. The monoisotopic (exact) mass is 223 g/mol. The van der Waals surface area contributed by atoms with Gasteiger partial charge in [0.2, 0.25) is 5.82 Å². The number of nitrogens with zero attached hydrogens (tertiary/aromatic N) is 3. The van der Waals surface area contributed by atoms with Gasteiger partial charge < -0.3 is 0 Å². The van der Waals surface area contributed by atoms with Crippen molar-refractivity contribution in [1.29, 1.82) is 5.26 Å². The van der Waals surface area contributed by atoms with E-state index in [1.807, 2.05) is 24.3 Å². The van der Waals surface area contributed by atoms with E-state index in [0.717, 1.165) is 11.3 Å². The fourth-order valence-electron chi connectivity index (χ4n) is 1.61. The first-order chi connectivity index (χ1) is 8.20. The largest absolute Gasteiger partial charge is 0.232 e. The molecular weight excluding hydrogens is 210 g/mol. The topological polar surface area (TPSA) is 49.6 Å². The maximum atomic E-state index is 8.75. The molecule has 2 rings (SSSR count). The molecule has 2 aromatic rings. The van der Waals surface area contributed by atoms with Gasteiger partial charge in [-0.1, -0.05) is 38.1 Å². The van der Waals surface area contributed by atoms with Crippen molar-refractivity contribution in [3.8, 4) is 17.3 Å². The molecule has 0 radical (unpaired) electrons. The van der Waals surface area contributed by atoms with Gasteiger partial charge in [-0.2, -0.15) is 5.26 Å². The molecule has 0 bridgehead atoms. The second-order valence-electron chi connectivity index (χ2n) is 4.15. The quantitative estimate of drug-likeness (QED) is 0.785. The Labute approximate surface area is 101 Å². The summed E-state index contributed by atoms with van der Waals surface area (Å²) in [4.78, 5) is 8.02. The smallest absolute Gasteiger partial charge is 0.227 e. The molecule has 0 amide bonds. The molecule has 0 N–H and O–H groups in total. The van der Waals surface area contributed by atoms with E-state index in [9.17, 15) is 0 Å². The molecule has 0 spiro atoms. The van der Waals surface area contributed by atoms with Crippen LogP contribution in [0.2, 0.25) is 0 Å². The third kappa shape index (κ3) is 2.48. The van der Waals surface area contributed by atoms with Crippen molar-refractivity contribution >= 4 is 0 Å². The van der Waals surface area contributed by atoms with Crippen LogP contribution in [0.3, 0.4) is 0 Å². The van der Waals surface area contributed by atoms with E-state index in [-0.39, 0.29) is 5.82 Å². The predicted octanol–water partition coefficient (Wildman–Crippen LogP) is 3.14. The molecule has 0 aliphatic carbocycles. The Morgan fingerprint density at radius 1 is 1.12 bits per heavy atom. The van der Waals surface area contributed by atoms with E-state index in [4.69, 9.17) is 5.26 Å². The number of hydrogen-bond acceptors (Lipinski definition) is 3. The highest BCUT2D eigenvalue weighted by Crippen LogP contribution is 2.20. The van der Waals surface area contributed by atoms with Gasteiger partial charge in [-0.15, -0.1) is 0 Å². The van der Waals surface area contributed by atoms with E-state index in [2.05, 4.69) is 35.9 Å². The Morgan fingerprint density at radius 2 is 1.82 bits per heavy atom. The average molecular weight is 223 g/mol. The fraction of sp³-hybridized carbons (Fsp3) is 0.214. The molecule has 3 heteroatoms. The maximum absolute atomic E-state index is 8.75. The van der Waals surface area contributed by atoms with Crippen molar-refractivity contribution in [2.75, 3.05) is 0 Å². The Hall–Kier alpha value is -2.21. The maximum Gasteiger partial charge on any atom is 0.232 e. The Bertz CT molecular complexity index is 550. The summed E-state index contributed by atoms with van der Waals surface area (Å²) < 4.78 is 0. The lowest BCUT2D eigenvalue weighted by atomic mass is 10.0. The first-order valence-corrected chi connectivity index (χ1v) is 5.54. The third-order valence-corrected chi connectivity index (χ3v) is 2.63. The minimum absolute atomic E-state index is 0.204. The van der Waals surface area contributed by atoms with Gasteiger partial charge in [-0.25, -0.2) is 9.97 Å². The van der Waals surface area contributed by atoms with Crippen LogP contribution in [0.15, 0.2) is 36.5 Å². The van der Waals surface area contributed by atoms with Crippen LogP contribution in [-0.4, -0.2) is 9.97 Å². The van der Waals surface area contributed by atoms with Crippen molar-refractivity contribution in [2.24, 2.45) is 0 Å². The molecule has 0 aliphatic rings. The van der Waals surface area contributed by atoms with Crippen LogP contribution in [0.4, 0.5) is 0 Å². The Balaban J connectivity index is 2.37. The summed E-state index contributed by atoms with van der Waals surface area (Å²) in [6, 6.07) is 12.0. The van der Waals surface area contributed by atoms with Crippen LogP contribution in [0.25, 0.3) is 11.3 Å². The van der Waals surface area contributed by atoms with Crippen molar-refractivity contribution < 1.29 is 0 Å². The number of benzene rings is 1. The summed E-state index contributed by atoms with van der Waals surface area (Å²) in [6.07, 6.45) is 1.61. The molecule has 0 saturated carbocycles. The van der Waals surface area contributed by atoms with Crippen LogP contribution in [0.5, 0.6) is 0 Å². The number of hydrogen-bond donors (Lipinski definition) is 0. The first-order valence-electron chi connectivity index (χ1n) is 5.54. The normalized spacial score (nSPS) is 10.2. The molecule has 1 aromatic heterocycles. The lowest BCUT2D eigenvalue weighted by Gasteiger charge is -2.06. The fourth-order valence-corrected chi connectivity index (χ4v) is 1.61. The second-order valence-corrected chi connectivity index (χ2v) is 4.15. The Kier molecular flexibility index (Phi) is 3.15. The van der Waals surface area contributed by atoms with E-state index in [0.29, 0.717) is 5.92 Å². The average Bonchev–Trinajstić information content (AvgIpc) is 2.39. The molecule has 17 heavy (non-hydrogen) atoms. The standard InChI is InChI=1S/C14H13N3/c1-10(2)11-3-5-12(6-4-11)13-7-8-16-14(9-15)17-13/h3-8,10H,1-2H3. The molecule has 0 aliphatic heterocycles. The van der Waals surface area contributed by atoms with Crippen molar-refractivity contribution in [2.45, 2.75) is 19.8 Å². The van der Waals surface area contributed by atoms with Crippen molar-refractivity contribution in [3.63, 3.8) is 0 Å². The molecule has 0 saturated heterocycles. The van der Waals surface area contributed by atoms with Crippen LogP contribution < -0.4 is 0 Å². The van der Waals surface area contributed by atoms with Gasteiger partial charge in [0.05, 0.1) is 5.69 Å². The van der Waals surface area contributed by atoms with Crippen LogP contribution in [0.1, 0.15) is 31.2 Å². The minimum Gasteiger partial charge on any atom is -0.227 e. The zero-order valence-corrected chi connectivity index (χ0v) is 9.88. The highest BCUT2D eigenvalue weighted by molar-refractivity contribution is 5.59. The van der Waals surface area contributed by atoms with E-state index < -0.39 is 0 Å². The molecule has 1 aromatic carbocycles.